The fraction of sp³-hybridized carbons (Fsp3) is 1.00. The van der Waals surface area contributed by atoms with Crippen LogP contribution in [-0.2, 0) is 9.09 Å². The third kappa shape index (κ3) is 4.26. The predicted molar refractivity (Wildman–Crippen MR) is 44.7 cm³/mol. The molecule has 1 unspecified atom stereocenters. The molecule has 20 heavy (non-hydrogen) atoms. The summed E-state index contributed by atoms with van der Waals surface area (Å²) in [6, 6.07) is 0. The quantitative estimate of drug-likeness (QED) is 0.329. The molecule has 0 aliphatic heterocycles. The third-order valence-corrected chi connectivity index (χ3v) is 2.29. The first-order valence-corrected chi connectivity index (χ1v) is 5.73. The van der Waals surface area contributed by atoms with Gasteiger partial charge in [-0.3, -0.25) is 14.6 Å². The van der Waals surface area contributed by atoms with Gasteiger partial charge in [0.2, 0.25) is 12.6 Å². The summed E-state index contributed by atoms with van der Waals surface area (Å²) in [7, 11) is -5.98. The molecule has 0 fully saturated rings. The Hall–Kier alpha value is -0.980. The second kappa shape index (κ2) is 5.42. The Kier molecular flexibility index (Phi) is 5.16. The molecule has 0 bridgehead atoms. The molecule has 15 heteroatoms. The molecule has 2 N–H and O–H groups in total. The van der Waals surface area contributed by atoms with Gasteiger partial charge in [-0.2, -0.15) is 30.7 Å². The number of hydrogen-bond acceptors (Lipinski definition) is 4. The van der Waals surface area contributed by atoms with Gasteiger partial charge in [-0.15, -0.1) is 0 Å². The Labute approximate surface area is 104 Å². The summed E-state index contributed by atoms with van der Waals surface area (Å²) in [5, 5.41) is 9.93. The lowest BCUT2D eigenvalue weighted by Gasteiger charge is -2.31. The van der Waals surface area contributed by atoms with Crippen molar-refractivity contribution in [2.24, 2.45) is 0 Å². The third-order valence-electron chi connectivity index (χ3n) is 1.76. The first-order chi connectivity index (χ1) is 8.52. The predicted octanol–water partition coefficient (Wildman–Crippen LogP) is 1.57. The Morgan fingerprint density at radius 3 is 1.80 bits per heavy atom. The molecule has 0 spiro atoms. The summed E-state index contributed by atoms with van der Waals surface area (Å²) in [5.41, 5.74) is 0. The van der Waals surface area contributed by atoms with Crippen molar-refractivity contribution in [2.75, 3.05) is 6.54 Å². The molecule has 0 saturated carbocycles. The lowest BCUT2D eigenvalue weighted by molar-refractivity contribution is -0.502. The summed E-state index contributed by atoms with van der Waals surface area (Å²) < 4.78 is 99.8. The molecule has 0 rings (SSSR count). The van der Waals surface area contributed by atoms with Crippen molar-refractivity contribution in [2.45, 2.75) is 24.1 Å². The fourth-order valence-electron chi connectivity index (χ4n) is 0.906. The topological polar surface area (TPSA) is 110 Å². The number of alkyl halides is 7. The Morgan fingerprint density at radius 2 is 1.55 bits per heavy atom. The molecule has 0 amide bonds. The summed E-state index contributed by atoms with van der Waals surface area (Å²) in [6.45, 7) is -2.39. The second-order valence-electron chi connectivity index (χ2n) is 3.30. The first-order valence-electron chi connectivity index (χ1n) is 4.20. The van der Waals surface area contributed by atoms with E-state index in [0.29, 0.717) is 0 Å². The number of nitrogens with zero attached hydrogens (tertiary/aromatic N) is 1. The summed E-state index contributed by atoms with van der Waals surface area (Å²) in [4.78, 5) is 24.4. The Morgan fingerprint density at radius 1 is 1.15 bits per heavy atom. The molecule has 0 aliphatic rings. The average Bonchev–Trinajstić information content (AvgIpc) is 2.11. The first kappa shape index (κ1) is 19.0. The van der Waals surface area contributed by atoms with Gasteiger partial charge in [0.15, 0.2) is 0 Å². The maximum absolute atomic E-state index is 13.0. The van der Waals surface area contributed by atoms with Crippen LogP contribution < -0.4 is 0 Å². The summed E-state index contributed by atoms with van der Waals surface area (Å²) in [6.07, 6.45) is -10.8. The van der Waals surface area contributed by atoms with Crippen LogP contribution in [0, 0.1) is 10.1 Å². The van der Waals surface area contributed by atoms with Crippen molar-refractivity contribution < 1.29 is 54.5 Å². The molecule has 0 aromatic heterocycles. The molecule has 0 aromatic carbocycles. The SMILES string of the molecule is O=[N+]([O-])CC(OP(=O)(O)O)C(F)(F)C(F)(F)C(F)(F)F. The van der Waals surface area contributed by atoms with Crippen LogP contribution in [0.3, 0.4) is 0 Å². The molecule has 1 atom stereocenters. The van der Waals surface area contributed by atoms with Crippen molar-refractivity contribution in [3.05, 3.63) is 10.1 Å². The molecular weight excluding hydrogens is 334 g/mol. The highest BCUT2D eigenvalue weighted by atomic mass is 31.2. The second-order valence-corrected chi connectivity index (χ2v) is 4.49. The van der Waals surface area contributed by atoms with E-state index in [1.807, 2.05) is 0 Å². The highest BCUT2D eigenvalue weighted by Gasteiger charge is 2.77. The molecule has 0 heterocycles. The zero-order chi connectivity index (χ0) is 16.6. The van der Waals surface area contributed by atoms with Gasteiger partial charge in [0.25, 0.3) is 0 Å². The van der Waals surface area contributed by atoms with Gasteiger partial charge in [0, 0.05) is 4.92 Å². The van der Waals surface area contributed by atoms with Crippen molar-refractivity contribution in [1.82, 2.24) is 0 Å². The highest BCUT2D eigenvalue weighted by molar-refractivity contribution is 7.46. The van der Waals surface area contributed by atoms with Crippen LogP contribution in [0.4, 0.5) is 30.7 Å². The molecule has 7 nitrogen and oxygen atoms in total. The van der Waals surface area contributed by atoms with Gasteiger partial charge >= 0.3 is 25.8 Å². The van der Waals surface area contributed by atoms with Gasteiger partial charge in [0.1, 0.15) is 0 Å². The number of phosphoric acid groups is 1. The number of phosphoric ester groups is 1. The maximum atomic E-state index is 13.0. The van der Waals surface area contributed by atoms with E-state index in [2.05, 4.69) is 4.52 Å². The van der Waals surface area contributed by atoms with Crippen LogP contribution in [0.2, 0.25) is 0 Å². The van der Waals surface area contributed by atoms with Crippen LogP contribution in [-0.4, -0.2) is 45.4 Å². The van der Waals surface area contributed by atoms with Crippen molar-refractivity contribution in [1.29, 1.82) is 0 Å². The van der Waals surface area contributed by atoms with Crippen LogP contribution in [0.5, 0.6) is 0 Å². The molecule has 0 aliphatic carbocycles. The van der Waals surface area contributed by atoms with Crippen LogP contribution in [0.15, 0.2) is 0 Å². The van der Waals surface area contributed by atoms with Gasteiger partial charge in [-0.05, 0) is 0 Å². The maximum Gasteiger partial charge on any atom is 0.470 e. The lowest BCUT2D eigenvalue weighted by atomic mass is 10.1. The molecule has 120 valence electrons. The average molecular weight is 339 g/mol. The van der Waals surface area contributed by atoms with Crippen LogP contribution in [0.1, 0.15) is 0 Å². The summed E-state index contributed by atoms with van der Waals surface area (Å²) >= 11 is 0. The number of hydrogen-bond donors (Lipinski definition) is 2. The zero-order valence-corrected chi connectivity index (χ0v) is 9.75. The molecule has 0 radical (unpaired) electrons. The summed E-state index contributed by atoms with van der Waals surface area (Å²) in [5.74, 6) is -13.1. The largest absolute Gasteiger partial charge is 0.470 e. The van der Waals surface area contributed by atoms with E-state index < -0.39 is 43.4 Å². The van der Waals surface area contributed by atoms with Crippen molar-refractivity contribution >= 4 is 7.82 Å². The highest BCUT2D eigenvalue weighted by Crippen LogP contribution is 2.51. The number of nitro groups is 1. The lowest BCUT2D eigenvalue weighted by Crippen LogP contribution is -2.59. The van der Waals surface area contributed by atoms with E-state index in [0.717, 1.165) is 0 Å². The minimum absolute atomic E-state index is 1.79. The fourth-order valence-corrected chi connectivity index (χ4v) is 1.44. The molecule has 0 saturated heterocycles. The smallest absolute Gasteiger partial charge is 0.303 e. The van der Waals surface area contributed by atoms with Crippen molar-refractivity contribution in [3.8, 4) is 0 Å². The van der Waals surface area contributed by atoms with Gasteiger partial charge in [-0.25, -0.2) is 4.57 Å². The Bertz CT molecular complexity index is 418. The van der Waals surface area contributed by atoms with Crippen LogP contribution in [0.25, 0.3) is 0 Å². The Balaban J connectivity index is 5.65. The minimum atomic E-state index is -6.82. The van der Waals surface area contributed by atoms with Crippen LogP contribution >= 0.6 is 7.82 Å². The van der Waals surface area contributed by atoms with E-state index in [1.54, 1.807) is 0 Å². The molecular formula is C5H5F7NO6P. The van der Waals surface area contributed by atoms with E-state index >= 15 is 0 Å². The van der Waals surface area contributed by atoms with E-state index in [9.17, 15) is 45.4 Å². The number of rotatable bonds is 6. The van der Waals surface area contributed by atoms with Crippen molar-refractivity contribution in [3.63, 3.8) is 0 Å². The minimum Gasteiger partial charge on any atom is -0.303 e. The van der Waals surface area contributed by atoms with Gasteiger partial charge in [-0.1, -0.05) is 0 Å². The van der Waals surface area contributed by atoms with Gasteiger partial charge < -0.3 is 9.79 Å². The van der Waals surface area contributed by atoms with Gasteiger partial charge in [0.05, 0.1) is 0 Å². The monoisotopic (exact) mass is 339 g/mol. The van der Waals surface area contributed by atoms with E-state index in [-0.39, 0.29) is 0 Å². The zero-order valence-electron chi connectivity index (χ0n) is 8.85. The van der Waals surface area contributed by atoms with E-state index in [4.69, 9.17) is 9.79 Å². The molecule has 0 aromatic rings. The number of halogens is 7. The van der Waals surface area contributed by atoms with E-state index in [1.165, 1.54) is 0 Å². The normalized spacial score (nSPS) is 16.1. The standard InChI is InChI=1S/C5H5F7NO6P/c6-3(7,4(8,9)5(10,11)12)2(1-13(14)15)19-20(16,17)18/h2H,1H2,(H2,16,17,18).